The van der Waals surface area contributed by atoms with Crippen LogP contribution in [0.1, 0.15) is 29.9 Å². The Morgan fingerprint density at radius 2 is 1.70 bits per heavy atom. The van der Waals surface area contributed by atoms with Crippen LogP contribution in [0.25, 0.3) is 0 Å². The molecule has 0 radical (unpaired) electrons. The molecule has 0 saturated carbocycles. The van der Waals surface area contributed by atoms with Gasteiger partial charge in [0.05, 0.1) is 0 Å². The molecule has 6 nitrogen and oxygen atoms in total. The summed E-state index contributed by atoms with van der Waals surface area (Å²) in [7, 11) is -4.05. The van der Waals surface area contributed by atoms with Crippen molar-refractivity contribution in [3.63, 3.8) is 0 Å². The first-order chi connectivity index (χ1) is 10.9. The average molecular weight is 374 g/mol. The van der Waals surface area contributed by atoms with Crippen molar-refractivity contribution in [2.45, 2.75) is 23.6 Å². The normalized spacial score (nSPS) is 10.4. The van der Waals surface area contributed by atoms with Crippen molar-refractivity contribution in [2.75, 3.05) is 0 Å². The van der Waals surface area contributed by atoms with Crippen molar-refractivity contribution in [3.05, 3.63) is 47.7 Å². The van der Waals surface area contributed by atoms with Gasteiger partial charge in [-0.05, 0) is 23.8 Å². The van der Waals surface area contributed by atoms with Crippen LogP contribution in [0.5, 0.6) is 5.88 Å². The molecule has 122 valence electrons. The number of aromatic nitrogens is 2. The molecule has 1 heterocycles. The molecular formula is C14H13Cl2N3O3S. The second kappa shape index (κ2) is 8.67. The van der Waals surface area contributed by atoms with Gasteiger partial charge in [-0.25, -0.2) is 0 Å². The maximum atomic E-state index is 12.0. The highest BCUT2D eigenvalue weighted by Gasteiger charge is 2.18. The van der Waals surface area contributed by atoms with Crippen molar-refractivity contribution >= 4 is 33.3 Å². The number of rotatable bonds is 4. The molecule has 0 unspecified atom stereocenters. The number of halogens is 2. The van der Waals surface area contributed by atoms with Crippen molar-refractivity contribution < 1.29 is 12.6 Å². The van der Waals surface area contributed by atoms with E-state index in [1.807, 2.05) is 13.8 Å². The van der Waals surface area contributed by atoms with Gasteiger partial charge in [-0.3, -0.25) is 0 Å². The summed E-state index contributed by atoms with van der Waals surface area (Å²) < 4.78 is 28.8. The van der Waals surface area contributed by atoms with E-state index in [-0.39, 0.29) is 16.5 Å². The Balaban J connectivity index is 0.00000127. The van der Waals surface area contributed by atoms with Gasteiger partial charge in [0.25, 0.3) is 5.88 Å². The molecule has 2 rings (SSSR count). The van der Waals surface area contributed by atoms with Gasteiger partial charge in [-0.1, -0.05) is 26.0 Å². The summed E-state index contributed by atoms with van der Waals surface area (Å²) in [6, 6.07) is 9.89. The van der Waals surface area contributed by atoms with E-state index in [2.05, 4.69) is 10.2 Å². The molecule has 0 fully saturated rings. The van der Waals surface area contributed by atoms with Gasteiger partial charge in [0, 0.05) is 6.07 Å². The van der Waals surface area contributed by atoms with Crippen LogP contribution in [0.3, 0.4) is 0 Å². The second-order valence-corrected chi connectivity index (χ2v) is 6.42. The first-order valence-electron chi connectivity index (χ1n) is 6.49. The van der Waals surface area contributed by atoms with Crippen molar-refractivity contribution in [1.82, 2.24) is 10.2 Å². The minimum absolute atomic E-state index is 0.0550. The fraction of sp³-hybridized carbons (Fsp3) is 0.214. The fourth-order valence-corrected chi connectivity index (χ4v) is 2.53. The Hall–Kier alpha value is -1.88. The van der Waals surface area contributed by atoms with Crippen LogP contribution in [0.15, 0.2) is 41.3 Å². The Kier molecular flexibility index (Phi) is 7.23. The molecule has 0 N–H and O–H groups in total. The Bertz CT molecular complexity index is 770. The van der Waals surface area contributed by atoms with Crippen molar-refractivity contribution in [3.8, 4) is 11.9 Å². The summed E-state index contributed by atoms with van der Waals surface area (Å²) in [6.45, 7) is 4.00. The highest BCUT2D eigenvalue weighted by Crippen LogP contribution is 2.26. The molecule has 1 aromatic heterocycles. The van der Waals surface area contributed by atoms with E-state index >= 15 is 0 Å². The summed E-state index contributed by atoms with van der Waals surface area (Å²) in [4.78, 5) is -0.821. The summed E-state index contributed by atoms with van der Waals surface area (Å²) in [6.07, 6.45) is 0. The number of benzene rings is 1. The summed E-state index contributed by atoms with van der Waals surface area (Å²) in [5, 5.41) is 15.5. The molecule has 23 heavy (non-hydrogen) atoms. The second-order valence-electron chi connectivity index (χ2n) is 3.78. The third kappa shape index (κ3) is 5.36. The molecule has 0 aliphatic carbocycles. The SMILES string of the molecule is CC.N#Cc1ccc(OS(=O)(=O)c2ccc(C(Cl)Cl)cc2)nn1. The number of alkyl halides is 2. The first-order valence-corrected chi connectivity index (χ1v) is 8.77. The Morgan fingerprint density at radius 3 is 2.13 bits per heavy atom. The number of nitriles is 1. The summed E-state index contributed by atoms with van der Waals surface area (Å²) in [5.41, 5.74) is 0.620. The van der Waals surface area contributed by atoms with Crippen LogP contribution < -0.4 is 4.18 Å². The molecule has 0 atom stereocenters. The predicted molar refractivity (Wildman–Crippen MR) is 86.8 cm³/mol. The van der Waals surface area contributed by atoms with Crippen LogP contribution in [0.2, 0.25) is 0 Å². The van der Waals surface area contributed by atoms with E-state index in [9.17, 15) is 8.42 Å². The average Bonchev–Trinajstić information content (AvgIpc) is 2.57. The molecule has 0 amide bonds. The van der Waals surface area contributed by atoms with Gasteiger partial charge in [0.1, 0.15) is 15.8 Å². The number of nitrogens with zero attached hydrogens (tertiary/aromatic N) is 3. The van der Waals surface area contributed by atoms with Gasteiger partial charge < -0.3 is 4.18 Å². The molecule has 0 spiro atoms. The highest BCUT2D eigenvalue weighted by molar-refractivity contribution is 7.87. The van der Waals surface area contributed by atoms with Gasteiger partial charge in [0.15, 0.2) is 5.69 Å². The molecule has 9 heteroatoms. The minimum Gasteiger partial charge on any atom is -0.357 e. The van der Waals surface area contributed by atoms with Crippen LogP contribution in [0, 0.1) is 11.3 Å². The fourth-order valence-electron chi connectivity index (χ4n) is 1.36. The van der Waals surface area contributed by atoms with Crippen molar-refractivity contribution in [1.29, 1.82) is 5.26 Å². The van der Waals surface area contributed by atoms with Crippen LogP contribution >= 0.6 is 23.2 Å². The van der Waals surface area contributed by atoms with E-state index in [0.717, 1.165) is 0 Å². The maximum Gasteiger partial charge on any atom is 0.340 e. The summed E-state index contributed by atoms with van der Waals surface area (Å²) >= 11 is 11.3. The minimum atomic E-state index is -4.05. The van der Waals surface area contributed by atoms with Gasteiger partial charge in [-0.15, -0.1) is 33.4 Å². The van der Waals surface area contributed by atoms with Gasteiger partial charge in [-0.2, -0.15) is 13.7 Å². The zero-order valence-electron chi connectivity index (χ0n) is 12.3. The molecular weight excluding hydrogens is 361 g/mol. The lowest BCUT2D eigenvalue weighted by molar-refractivity contribution is 0.471. The standard InChI is InChI=1S/C12H7Cl2N3O3S.C2H6/c13-12(14)8-1-4-10(5-2-8)21(18,19)20-11-6-3-9(7-15)16-17-11;1-2/h1-6,12H;1-2H3. The largest absolute Gasteiger partial charge is 0.357 e. The number of hydrogen-bond donors (Lipinski definition) is 0. The zero-order chi connectivity index (χ0) is 17.5. The smallest absolute Gasteiger partial charge is 0.340 e. The molecule has 2 aromatic rings. The van der Waals surface area contributed by atoms with Gasteiger partial charge in [0.2, 0.25) is 0 Å². The molecule has 0 bridgehead atoms. The predicted octanol–water partition coefficient (Wildman–Crippen LogP) is 3.62. The van der Waals surface area contributed by atoms with E-state index in [4.69, 9.17) is 32.6 Å². The first kappa shape index (κ1) is 19.2. The lowest BCUT2D eigenvalue weighted by Crippen LogP contribution is -2.11. The quantitative estimate of drug-likeness (QED) is 0.599. The third-order valence-corrected chi connectivity index (χ3v) is 4.11. The third-order valence-electron chi connectivity index (χ3n) is 2.37. The Labute approximate surface area is 144 Å². The maximum absolute atomic E-state index is 12.0. The molecule has 0 aliphatic rings. The molecule has 1 aromatic carbocycles. The monoisotopic (exact) mass is 373 g/mol. The lowest BCUT2D eigenvalue weighted by Gasteiger charge is -2.07. The Morgan fingerprint density at radius 1 is 1.09 bits per heavy atom. The molecule has 0 aliphatic heterocycles. The zero-order valence-corrected chi connectivity index (χ0v) is 14.6. The van der Waals surface area contributed by atoms with Crippen LogP contribution in [0.4, 0.5) is 0 Å². The summed E-state index contributed by atoms with van der Waals surface area (Å²) in [5.74, 6) is -0.231. The van der Waals surface area contributed by atoms with E-state index in [0.29, 0.717) is 5.56 Å². The van der Waals surface area contributed by atoms with Gasteiger partial charge >= 0.3 is 10.1 Å². The van der Waals surface area contributed by atoms with Crippen LogP contribution in [-0.4, -0.2) is 18.6 Å². The molecule has 0 saturated heterocycles. The van der Waals surface area contributed by atoms with E-state index in [1.165, 1.54) is 36.4 Å². The lowest BCUT2D eigenvalue weighted by atomic mass is 10.2. The van der Waals surface area contributed by atoms with E-state index < -0.39 is 15.0 Å². The highest BCUT2D eigenvalue weighted by atomic mass is 35.5. The number of hydrogen-bond acceptors (Lipinski definition) is 6. The van der Waals surface area contributed by atoms with Crippen LogP contribution in [-0.2, 0) is 10.1 Å². The van der Waals surface area contributed by atoms with E-state index in [1.54, 1.807) is 6.07 Å². The topological polar surface area (TPSA) is 92.9 Å². The van der Waals surface area contributed by atoms with Crippen molar-refractivity contribution in [2.24, 2.45) is 0 Å².